The zero-order valence-corrected chi connectivity index (χ0v) is 60.2. The minimum atomic E-state index is -0.555. The summed E-state index contributed by atoms with van der Waals surface area (Å²) in [6.07, 6.45) is 0. The number of rotatable bonds is 7. The first kappa shape index (κ1) is 57.9. The van der Waals surface area contributed by atoms with Gasteiger partial charge in [0.15, 0.2) is 0 Å². The molecule has 2 aliphatic rings. The van der Waals surface area contributed by atoms with Gasteiger partial charge in [-0.05, 0) is 0 Å². The molecular weight excluding hydrogens is 1260 g/mol. The van der Waals surface area contributed by atoms with Gasteiger partial charge in [-0.3, -0.25) is 0 Å². The van der Waals surface area contributed by atoms with Crippen LogP contribution in [-0.2, 0) is 21.7 Å². The topological polar surface area (TPSA) is 11.4 Å². The van der Waals surface area contributed by atoms with Crippen molar-refractivity contribution < 1.29 is 4.11 Å². The van der Waals surface area contributed by atoms with Crippen molar-refractivity contribution in [3.63, 3.8) is 0 Å². The normalized spacial score (nSPS) is 13.8. The van der Waals surface area contributed by atoms with Crippen LogP contribution in [-0.4, -0.2) is 25.8 Å². The van der Waals surface area contributed by atoms with E-state index in [4.69, 9.17) is 0 Å². The van der Waals surface area contributed by atoms with Crippen molar-refractivity contribution in [1.29, 1.82) is 0 Å². The van der Waals surface area contributed by atoms with E-state index in [1.807, 2.05) is 0 Å². The van der Waals surface area contributed by atoms with Crippen LogP contribution in [0.2, 0.25) is 0 Å². The predicted octanol–water partition coefficient (Wildman–Crippen LogP) is 23.8. The summed E-state index contributed by atoms with van der Waals surface area (Å²) >= 11 is -0.324. The van der Waals surface area contributed by atoms with Gasteiger partial charge in [0.2, 0.25) is 0 Å². The molecule has 0 atom stereocenters. The Morgan fingerprint density at radius 1 is 0.354 bits per heavy atom. The molecule has 2 aromatic heterocycles. The quantitative estimate of drug-likeness (QED) is 0.116. The second-order valence-electron chi connectivity index (χ2n) is 31.8. The molecule has 0 N–H and O–H groups in total. The first-order chi connectivity index (χ1) is 48.9. The molecule has 3 nitrogen and oxygen atoms in total. The average molecular weight is 1340 g/mol. The number of para-hydroxylation sites is 1. The van der Waals surface area contributed by atoms with Crippen molar-refractivity contribution in [2.45, 2.75) is 105 Å². The fourth-order valence-electron chi connectivity index (χ4n) is 16.2. The maximum atomic E-state index is 11.9. The molecule has 18 rings (SSSR count). The monoisotopic (exact) mass is 1340 g/mol. The van der Waals surface area contributed by atoms with E-state index < -0.39 is 12.1 Å². The van der Waals surface area contributed by atoms with E-state index in [1.165, 1.54) is 46.8 Å². The Hall–Kier alpha value is -10.2. The van der Waals surface area contributed by atoms with Crippen molar-refractivity contribution in [2.75, 3.05) is 9.80 Å². The SMILES string of the molecule is [2H]c1c([2H])c(-n2c3ccccc3c3cc4ccc5cccc6ccc(c4c56)c32)c([2H])c2c1B1c3[se]c4cc(C(C)(C)C)ccc4c3N(c3c(-c4ccccc4)cc(C(C)(C)C)cc3-c3ccccc3)c3cc(C(C)(C)C)cc(c31)N2c1c(-c2ccccc2)cc(C(C)(C)C)cc1-c1ccccc1. The van der Waals surface area contributed by atoms with Crippen LogP contribution in [0, 0.1) is 0 Å². The molecule has 0 radical (unpaired) electrons. The molecule has 0 saturated heterocycles. The van der Waals surface area contributed by atoms with E-state index in [1.54, 1.807) is 0 Å². The third-order valence-electron chi connectivity index (χ3n) is 21.4. The average Bonchev–Trinajstić information content (AvgIpc) is 1.21. The second-order valence-corrected chi connectivity index (χ2v) is 34.1. The molecule has 480 valence electrons. The van der Waals surface area contributed by atoms with Gasteiger partial charge in [0.25, 0.3) is 0 Å². The third kappa shape index (κ3) is 9.66. The zero-order valence-electron chi connectivity index (χ0n) is 61.5. The molecule has 0 aliphatic carbocycles. The molecule has 14 aromatic carbocycles. The van der Waals surface area contributed by atoms with E-state index >= 15 is 0 Å². The molecule has 0 bridgehead atoms. The van der Waals surface area contributed by atoms with Crippen LogP contribution in [0.4, 0.5) is 34.1 Å². The summed E-state index contributed by atoms with van der Waals surface area (Å²) in [6.45, 7) is 27.3. The van der Waals surface area contributed by atoms with E-state index in [0.717, 1.165) is 122 Å². The minimum absolute atomic E-state index is 0.0242. The fourth-order valence-corrected chi connectivity index (χ4v) is 19.0. The Labute approximate surface area is 593 Å². The van der Waals surface area contributed by atoms with Crippen LogP contribution >= 0.6 is 0 Å². The molecule has 0 spiro atoms. The Morgan fingerprint density at radius 3 is 1.35 bits per heavy atom. The van der Waals surface area contributed by atoms with Gasteiger partial charge < -0.3 is 0 Å². The van der Waals surface area contributed by atoms with Crippen molar-refractivity contribution in [2.24, 2.45) is 0 Å². The number of aromatic nitrogens is 1. The molecule has 4 heterocycles. The molecule has 0 unspecified atom stereocenters. The number of anilines is 6. The van der Waals surface area contributed by atoms with Crippen molar-refractivity contribution >= 4 is 134 Å². The van der Waals surface area contributed by atoms with Crippen LogP contribution in [0.15, 0.2) is 267 Å². The first-order valence-electron chi connectivity index (χ1n) is 36.6. The Kier molecular flexibility index (Phi) is 13.0. The van der Waals surface area contributed by atoms with Gasteiger partial charge in [-0.2, -0.15) is 0 Å². The molecule has 0 saturated carbocycles. The standard InChI is InChI=1S/C94H80BN3Se/c1-91(2,3)64-43-46-70-82(55-64)99-90-89(70)98(88-74(59-32-21-15-22-33-59)51-66(93(7,8)9)52-75(88)60-34-23-16-24-35-60)81-54-67(94(10,11)12)53-80-85(81)95(90)77-47-44-68(96-78-39-26-25-38-69(78)76-48-63-41-40-61-36-27-37-62-42-45-71(86(76)96)84(63)83(61)62)56-79(77)97(80)87-72(57-28-17-13-18-29-57)49-65(92(4,5)6)50-73(87)58-30-19-14-20-31-58/h13-56H,1-12H3/i44D,47D,56D. The van der Waals surface area contributed by atoms with Gasteiger partial charge in [0.1, 0.15) is 0 Å². The van der Waals surface area contributed by atoms with Crippen molar-refractivity contribution in [1.82, 2.24) is 4.57 Å². The number of fused-ring (bicyclic) bond motifs is 10. The summed E-state index contributed by atoms with van der Waals surface area (Å²) in [5.74, 6) is 0. The van der Waals surface area contributed by atoms with Gasteiger partial charge in [-0.1, -0.05) is 24.3 Å². The van der Waals surface area contributed by atoms with Crippen molar-refractivity contribution in [3.05, 3.63) is 289 Å². The summed E-state index contributed by atoms with van der Waals surface area (Å²) in [6, 6.07) is 92.5. The number of hydrogen-bond donors (Lipinski definition) is 0. The van der Waals surface area contributed by atoms with Crippen LogP contribution in [0.5, 0.6) is 0 Å². The summed E-state index contributed by atoms with van der Waals surface area (Å²) < 4.78 is 39.4. The zero-order chi connectivity index (χ0) is 70.4. The molecule has 99 heavy (non-hydrogen) atoms. The van der Waals surface area contributed by atoms with Gasteiger partial charge in [-0.25, -0.2) is 0 Å². The predicted molar refractivity (Wildman–Crippen MR) is 429 cm³/mol. The number of benzene rings is 14. The summed E-state index contributed by atoms with van der Waals surface area (Å²) in [5.41, 5.74) is 22.0. The van der Waals surface area contributed by atoms with Gasteiger partial charge >= 0.3 is 573 Å². The van der Waals surface area contributed by atoms with Crippen LogP contribution in [0.25, 0.3) is 114 Å². The molecule has 0 fully saturated rings. The maximum absolute atomic E-state index is 11.9. The number of nitrogens with zero attached hydrogens (tertiary/aromatic N) is 3. The van der Waals surface area contributed by atoms with Gasteiger partial charge in [0.05, 0.1) is 0 Å². The van der Waals surface area contributed by atoms with Gasteiger partial charge in [0, 0.05) is 0 Å². The first-order valence-corrected chi connectivity index (χ1v) is 36.8. The molecule has 5 heteroatoms. The number of hydrogen-bond acceptors (Lipinski definition) is 2. The molecule has 0 amide bonds. The Bertz CT molecular complexity index is 6010. The van der Waals surface area contributed by atoms with E-state index in [2.05, 4.69) is 346 Å². The third-order valence-corrected chi connectivity index (χ3v) is 23.9. The van der Waals surface area contributed by atoms with Crippen LogP contribution in [0.3, 0.4) is 0 Å². The Morgan fingerprint density at radius 2 is 0.818 bits per heavy atom. The summed E-state index contributed by atoms with van der Waals surface area (Å²) in [7, 11) is 0. The molecule has 2 aliphatic heterocycles. The van der Waals surface area contributed by atoms with Gasteiger partial charge in [-0.15, -0.1) is 0 Å². The van der Waals surface area contributed by atoms with E-state index in [0.29, 0.717) is 16.8 Å². The van der Waals surface area contributed by atoms with Crippen LogP contribution in [0.1, 0.15) is 109 Å². The fraction of sp³-hybridized carbons (Fsp3) is 0.170. The van der Waals surface area contributed by atoms with E-state index in [-0.39, 0.29) is 48.9 Å². The van der Waals surface area contributed by atoms with E-state index in [9.17, 15) is 4.11 Å². The van der Waals surface area contributed by atoms with Crippen molar-refractivity contribution in [3.8, 4) is 50.2 Å². The molecule has 16 aromatic rings. The Balaban J connectivity index is 1.07. The van der Waals surface area contributed by atoms with Crippen LogP contribution < -0.4 is 25.1 Å². The second kappa shape index (κ2) is 22.2. The summed E-state index contributed by atoms with van der Waals surface area (Å²) in [4.78, 5) is 5.14. The summed E-state index contributed by atoms with van der Waals surface area (Å²) in [5, 5.41) is 10.1. The molecular formula is C94H80BN3Se.